The quantitative estimate of drug-likeness (QED) is 0.859. The third-order valence-corrected chi connectivity index (χ3v) is 5.26. The van der Waals surface area contributed by atoms with Gasteiger partial charge in [-0.05, 0) is 47.9 Å². The van der Waals surface area contributed by atoms with Crippen LogP contribution in [0.25, 0.3) is 0 Å². The van der Waals surface area contributed by atoms with Crippen LogP contribution in [0.15, 0.2) is 28.3 Å². The SMILES string of the molecule is ClC(Cl)=C1C2CCC1c1c(CNC3CC3)cccc12. The summed E-state index contributed by atoms with van der Waals surface area (Å²) in [6.45, 7) is 0.990. The summed E-state index contributed by atoms with van der Waals surface area (Å²) in [6.07, 6.45) is 5.07. The lowest BCUT2D eigenvalue weighted by Crippen LogP contribution is -2.17. The lowest BCUT2D eigenvalue weighted by molar-refractivity contribution is 0.662. The zero-order valence-electron chi connectivity index (χ0n) is 10.8. The normalized spacial score (nSPS) is 27.8. The van der Waals surface area contributed by atoms with E-state index in [1.54, 1.807) is 0 Å². The minimum Gasteiger partial charge on any atom is -0.310 e. The van der Waals surface area contributed by atoms with Gasteiger partial charge in [0.05, 0.1) is 0 Å². The molecule has 0 aliphatic heterocycles. The standard InChI is InChI=1S/C16H17Cl2N/c17-16(18)15-12-6-7-13(15)14-9(2-1-3-11(12)14)8-19-10-4-5-10/h1-3,10,12-13,19H,4-8H2. The molecule has 2 saturated carbocycles. The van der Waals surface area contributed by atoms with E-state index in [0.717, 1.165) is 12.6 Å². The van der Waals surface area contributed by atoms with Gasteiger partial charge in [-0.1, -0.05) is 41.4 Å². The van der Waals surface area contributed by atoms with Gasteiger partial charge in [0.1, 0.15) is 4.49 Å². The van der Waals surface area contributed by atoms with Crippen molar-refractivity contribution in [2.45, 2.75) is 50.1 Å². The Balaban J connectivity index is 1.73. The summed E-state index contributed by atoms with van der Waals surface area (Å²) in [7, 11) is 0. The van der Waals surface area contributed by atoms with E-state index in [1.807, 2.05) is 0 Å². The Hall–Kier alpha value is -0.500. The summed E-state index contributed by atoms with van der Waals surface area (Å²) in [5.41, 5.74) is 5.71. The van der Waals surface area contributed by atoms with E-state index in [1.165, 1.54) is 47.9 Å². The predicted octanol–water partition coefficient (Wildman–Crippen LogP) is 4.60. The number of halogens is 2. The fourth-order valence-corrected chi connectivity index (χ4v) is 4.36. The van der Waals surface area contributed by atoms with Crippen LogP contribution < -0.4 is 5.32 Å². The van der Waals surface area contributed by atoms with Gasteiger partial charge in [-0.15, -0.1) is 0 Å². The van der Waals surface area contributed by atoms with Gasteiger partial charge in [-0.2, -0.15) is 0 Å². The van der Waals surface area contributed by atoms with Gasteiger partial charge in [0.15, 0.2) is 0 Å². The molecule has 2 atom stereocenters. The van der Waals surface area contributed by atoms with Crippen LogP contribution in [0.4, 0.5) is 0 Å². The predicted molar refractivity (Wildman–Crippen MR) is 79.8 cm³/mol. The van der Waals surface area contributed by atoms with Crippen molar-refractivity contribution in [1.82, 2.24) is 5.32 Å². The van der Waals surface area contributed by atoms with Crippen LogP contribution in [0.3, 0.4) is 0 Å². The van der Waals surface area contributed by atoms with E-state index in [-0.39, 0.29) is 0 Å². The molecule has 1 N–H and O–H groups in total. The number of fused-ring (bicyclic) bond motifs is 5. The second-order valence-corrected chi connectivity index (χ2v) is 6.92. The van der Waals surface area contributed by atoms with Crippen LogP contribution in [0.2, 0.25) is 0 Å². The third kappa shape index (κ3) is 1.94. The van der Waals surface area contributed by atoms with Crippen LogP contribution in [-0.2, 0) is 6.54 Å². The third-order valence-electron chi connectivity index (χ3n) is 4.83. The van der Waals surface area contributed by atoms with Gasteiger partial charge in [0.25, 0.3) is 0 Å². The molecule has 100 valence electrons. The molecule has 2 bridgehead atoms. The molecule has 3 aliphatic carbocycles. The van der Waals surface area contributed by atoms with Gasteiger partial charge < -0.3 is 5.32 Å². The highest BCUT2D eigenvalue weighted by Crippen LogP contribution is 2.59. The molecular weight excluding hydrogens is 277 g/mol. The minimum absolute atomic E-state index is 0.474. The Morgan fingerprint density at radius 3 is 2.63 bits per heavy atom. The molecule has 1 nitrogen and oxygen atoms in total. The van der Waals surface area contributed by atoms with Crippen molar-refractivity contribution < 1.29 is 0 Å². The smallest absolute Gasteiger partial charge is 0.107 e. The van der Waals surface area contributed by atoms with E-state index < -0.39 is 0 Å². The molecule has 0 saturated heterocycles. The van der Waals surface area contributed by atoms with E-state index in [4.69, 9.17) is 23.2 Å². The largest absolute Gasteiger partial charge is 0.310 e. The summed E-state index contributed by atoms with van der Waals surface area (Å²) < 4.78 is 0.504. The van der Waals surface area contributed by atoms with E-state index in [0.29, 0.717) is 16.3 Å². The summed E-state index contributed by atoms with van der Waals surface area (Å²) >= 11 is 12.2. The molecule has 19 heavy (non-hydrogen) atoms. The Morgan fingerprint density at radius 1 is 1.11 bits per heavy atom. The number of allylic oxidation sites excluding steroid dienone is 1. The first-order valence-electron chi connectivity index (χ1n) is 7.16. The fourth-order valence-electron chi connectivity index (χ4n) is 3.83. The first-order chi connectivity index (χ1) is 9.25. The molecule has 2 fully saturated rings. The molecular formula is C16H17Cl2N. The van der Waals surface area contributed by atoms with Crippen molar-refractivity contribution in [3.63, 3.8) is 0 Å². The van der Waals surface area contributed by atoms with Gasteiger partial charge in [-0.3, -0.25) is 0 Å². The van der Waals surface area contributed by atoms with Crippen molar-refractivity contribution in [3.05, 3.63) is 45.0 Å². The maximum atomic E-state index is 6.12. The molecule has 2 unspecified atom stereocenters. The van der Waals surface area contributed by atoms with Crippen LogP contribution in [0.5, 0.6) is 0 Å². The average molecular weight is 294 g/mol. The lowest BCUT2D eigenvalue weighted by Gasteiger charge is -2.18. The number of benzene rings is 1. The average Bonchev–Trinajstić information content (AvgIpc) is 3.05. The molecule has 0 spiro atoms. The summed E-state index contributed by atoms with van der Waals surface area (Å²) in [4.78, 5) is 0. The topological polar surface area (TPSA) is 12.0 Å². The van der Waals surface area contributed by atoms with E-state index in [2.05, 4.69) is 23.5 Å². The zero-order chi connectivity index (χ0) is 13.0. The minimum atomic E-state index is 0.474. The fraction of sp³-hybridized carbons (Fsp3) is 0.500. The summed E-state index contributed by atoms with van der Waals surface area (Å²) in [5, 5.41) is 3.62. The van der Waals surface area contributed by atoms with Crippen LogP contribution in [-0.4, -0.2) is 6.04 Å². The van der Waals surface area contributed by atoms with Crippen LogP contribution in [0, 0.1) is 0 Å². The van der Waals surface area contributed by atoms with Crippen molar-refractivity contribution in [3.8, 4) is 0 Å². The van der Waals surface area contributed by atoms with E-state index in [9.17, 15) is 0 Å². The van der Waals surface area contributed by atoms with Gasteiger partial charge in [0, 0.05) is 24.4 Å². The summed E-state index contributed by atoms with van der Waals surface area (Å²) in [6, 6.07) is 7.45. The summed E-state index contributed by atoms with van der Waals surface area (Å²) in [5.74, 6) is 0.952. The highest BCUT2D eigenvalue weighted by molar-refractivity contribution is 6.56. The first-order valence-corrected chi connectivity index (χ1v) is 7.91. The number of nitrogens with one attached hydrogen (secondary N) is 1. The monoisotopic (exact) mass is 293 g/mol. The van der Waals surface area contributed by atoms with Crippen molar-refractivity contribution in [2.24, 2.45) is 0 Å². The Kier molecular flexibility index (Phi) is 2.91. The molecule has 1 aromatic carbocycles. The first kappa shape index (κ1) is 12.3. The molecule has 0 heterocycles. The Labute approximate surface area is 124 Å². The molecule has 0 amide bonds. The van der Waals surface area contributed by atoms with Crippen molar-refractivity contribution in [2.75, 3.05) is 0 Å². The molecule has 3 aliphatic rings. The van der Waals surface area contributed by atoms with Gasteiger partial charge >= 0.3 is 0 Å². The van der Waals surface area contributed by atoms with Gasteiger partial charge in [0.2, 0.25) is 0 Å². The van der Waals surface area contributed by atoms with Gasteiger partial charge in [-0.25, -0.2) is 0 Å². The van der Waals surface area contributed by atoms with Crippen LogP contribution in [0.1, 0.15) is 54.2 Å². The Morgan fingerprint density at radius 2 is 1.89 bits per heavy atom. The highest BCUT2D eigenvalue weighted by Gasteiger charge is 2.43. The Bertz CT molecular complexity index is 556. The molecule has 0 radical (unpaired) electrons. The molecule has 1 aromatic rings. The number of rotatable bonds is 3. The molecule has 0 aromatic heterocycles. The number of hydrogen-bond acceptors (Lipinski definition) is 1. The lowest BCUT2D eigenvalue weighted by atomic mass is 9.88. The van der Waals surface area contributed by atoms with Crippen LogP contribution >= 0.6 is 23.2 Å². The van der Waals surface area contributed by atoms with Crippen molar-refractivity contribution in [1.29, 1.82) is 0 Å². The second kappa shape index (κ2) is 4.51. The highest BCUT2D eigenvalue weighted by atomic mass is 35.5. The maximum Gasteiger partial charge on any atom is 0.107 e. The maximum absolute atomic E-state index is 6.12. The van der Waals surface area contributed by atoms with Crippen molar-refractivity contribution >= 4 is 23.2 Å². The number of hydrogen-bond donors (Lipinski definition) is 1. The molecule has 4 rings (SSSR count). The second-order valence-electron chi connectivity index (χ2n) is 5.97. The van der Waals surface area contributed by atoms with E-state index >= 15 is 0 Å². The molecule has 3 heteroatoms. The zero-order valence-corrected chi connectivity index (χ0v) is 12.3.